The van der Waals surface area contributed by atoms with E-state index in [4.69, 9.17) is 18.9 Å². The molecule has 0 bridgehead atoms. The molecule has 0 aromatic heterocycles. The maximum absolute atomic E-state index is 11.4. The van der Waals surface area contributed by atoms with Crippen LogP contribution in [0.25, 0.3) is 0 Å². The predicted molar refractivity (Wildman–Crippen MR) is 91.1 cm³/mol. The van der Waals surface area contributed by atoms with Gasteiger partial charge >= 0.3 is 5.97 Å². The minimum atomic E-state index is -0.880. The molecule has 6 nitrogen and oxygen atoms in total. The minimum Gasteiger partial charge on any atom is -0.493 e. The van der Waals surface area contributed by atoms with Crippen molar-refractivity contribution < 1.29 is 28.8 Å². The third-order valence-electron chi connectivity index (χ3n) is 4.16. The Morgan fingerprint density at radius 1 is 1.00 bits per heavy atom. The monoisotopic (exact) mass is 344 g/mol. The summed E-state index contributed by atoms with van der Waals surface area (Å²) in [5.41, 5.74) is 1.68. The van der Waals surface area contributed by atoms with Gasteiger partial charge in [0.05, 0.1) is 20.6 Å². The molecule has 0 amide bonds. The zero-order chi connectivity index (χ0) is 17.8. The normalized spacial score (nSPS) is 13.8. The number of ether oxygens (including phenoxy) is 4. The highest BCUT2D eigenvalue weighted by molar-refractivity contribution is 5.69. The second-order valence-corrected chi connectivity index (χ2v) is 5.67. The fourth-order valence-corrected chi connectivity index (χ4v) is 2.95. The second kappa shape index (κ2) is 7.34. The van der Waals surface area contributed by atoms with E-state index in [2.05, 4.69) is 0 Å². The molecule has 2 aromatic carbocycles. The Morgan fingerprint density at radius 3 is 2.32 bits per heavy atom. The van der Waals surface area contributed by atoms with Gasteiger partial charge in [0.2, 0.25) is 0 Å². The first-order chi connectivity index (χ1) is 12.1. The van der Waals surface area contributed by atoms with E-state index in [1.165, 1.54) is 0 Å². The van der Waals surface area contributed by atoms with Gasteiger partial charge in [-0.1, -0.05) is 12.1 Å². The van der Waals surface area contributed by atoms with Crippen molar-refractivity contribution in [2.45, 2.75) is 12.3 Å². The molecular formula is C19H20O6. The Balaban J connectivity index is 2.01. The molecule has 0 aliphatic carbocycles. The molecule has 0 saturated carbocycles. The van der Waals surface area contributed by atoms with Crippen LogP contribution in [0.3, 0.4) is 0 Å². The van der Waals surface area contributed by atoms with Crippen molar-refractivity contribution in [3.63, 3.8) is 0 Å². The summed E-state index contributed by atoms with van der Waals surface area (Å²) in [4.78, 5) is 11.4. The molecule has 0 radical (unpaired) electrons. The summed E-state index contributed by atoms with van der Waals surface area (Å²) in [7, 11) is 3.12. The summed E-state index contributed by atoms with van der Waals surface area (Å²) in [6.07, 6.45) is -0.0465. The van der Waals surface area contributed by atoms with Crippen LogP contribution in [-0.4, -0.2) is 38.5 Å². The van der Waals surface area contributed by atoms with Gasteiger partial charge in [0.15, 0.2) is 23.0 Å². The van der Waals surface area contributed by atoms with E-state index >= 15 is 0 Å². The number of hydrogen-bond acceptors (Lipinski definition) is 5. The van der Waals surface area contributed by atoms with Gasteiger partial charge in [0.1, 0.15) is 13.2 Å². The Morgan fingerprint density at radius 2 is 1.64 bits per heavy atom. The lowest BCUT2D eigenvalue weighted by atomic mass is 9.88. The van der Waals surface area contributed by atoms with Crippen LogP contribution in [0, 0.1) is 0 Å². The molecule has 6 heteroatoms. The smallest absolute Gasteiger partial charge is 0.304 e. The third-order valence-corrected chi connectivity index (χ3v) is 4.16. The molecule has 132 valence electrons. The number of carboxylic acids is 1. The first-order valence-electron chi connectivity index (χ1n) is 7.95. The lowest BCUT2D eigenvalue weighted by Gasteiger charge is -2.22. The highest BCUT2D eigenvalue weighted by Crippen LogP contribution is 2.39. The van der Waals surface area contributed by atoms with E-state index in [-0.39, 0.29) is 12.3 Å². The maximum Gasteiger partial charge on any atom is 0.304 e. The summed E-state index contributed by atoms with van der Waals surface area (Å²) in [6.45, 7) is 0.997. The molecule has 0 saturated heterocycles. The van der Waals surface area contributed by atoms with Crippen molar-refractivity contribution in [3.8, 4) is 23.0 Å². The molecular weight excluding hydrogens is 324 g/mol. The standard InChI is InChI=1S/C19H20O6/c1-22-15-5-3-12(9-17(15)23-2)14(11-19(20)21)13-4-6-16-18(10-13)25-8-7-24-16/h3-6,9-10,14H,7-8,11H2,1-2H3,(H,20,21)/t14-/m0/s1. The van der Waals surface area contributed by atoms with Crippen molar-refractivity contribution >= 4 is 5.97 Å². The fourth-order valence-electron chi connectivity index (χ4n) is 2.95. The van der Waals surface area contributed by atoms with Crippen molar-refractivity contribution in [2.75, 3.05) is 27.4 Å². The van der Waals surface area contributed by atoms with Crippen LogP contribution >= 0.6 is 0 Å². The van der Waals surface area contributed by atoms with Gasteiger partial charge in [0, 0.05) is 5.92 Å². The van der Waals surface area contributed by atoms with Gasteiger partial charge < -0.3 is 24.1 Å². The van der Waals surface area contributed by atoms with E-state index in [0.29, 0.717) is 36.2 Å². The predicted octanol–water partition coefficient (Wildman–Crippen LogP) is 3.08. The zero-order valence-electron chi connectivity index (χ0n) is 14.2. The topological polar surface area (TPSA) is 74.2 Å². The van der Waals surface area contributed by atoms with E-state index in [0.717, 1.165) is 11.1 Å². The van der Waals surface area contributed by atoms with Gasteiger partial charge in [-0.3, -0.25) is 4.79 Å². The molecule has 1 heterocycles. The van der Waals surface area contributed by atoms with Gasteiger partial charge in [-0.05, 0) is 35.4 Å². The summed E-state index contributed by atoms with van der Waals surface area (Å²) in [5, 5.41) is 9.36. The molecule has 25 heavy (non-hydrogen) atoms. The van der Waals surface area contributed by atoms with E-state index in [1.54, 1.807) is 20.3 Å². The van der Waals surface area contributed by atoms with E-state index < -0.39 is 5.97 Å². The number of carboxylic acid groups (broad SMARTS) is 1. The lowest BCUT2D eigenvalue weighted by molar-refractivity contribution is -0.137. The Bertz CT molecular complexity index is 731. The maximum atomic E-state index is 11.4. The van der Waals surface area contributed by atoms with Crippen molar-refractivity contribution in [1.82, 2.24) is 0 Å². The molecule has 3 rings (SSSR count). The summed E-state index contributed by atoms with van der Waals surface area (Å²) in [5.74, 6) is 1.26. The van der Waals surface area contributed by atoms with Crippen LogP contribution in [0.2, 0.25) is 0 Å². The number of carbonyl (C=O) groups is 1. The van der Waals surface area contributed by atoms with Crippen LogP contribution in [0.1, 0.15) is 23.5 Å². The Hall–Kier alpha value is -2.89. The first-order valence-corrected chi connectivity index (χ1v) is 7.95. The molecule has 1 aliphatic heterocycles. The molecule has 2 aromatic rings. The van der Waals surface area contributed by atoms with Crippen molar-refractivity contribution in [2.24, 2.45) is 0 Å². The number of methoxy groups -OCH3 is 2. The van der Waals surface area contributed by atoms with Crippen LogP contribution < -0.4 is 18.9 Å². The van der Waals surface area contributed by atoms with Crippen molar-refractivity contribution in [1.29, 1.82) is 0 Å². The lowest BCUT2D eigenvalue weighted by Crippen LogP contribution is -2.16. The number of hydrogen-bond donors (Lipinski definition) is 1. The average molecular weight is 344 g/mol. The SMILES string of the molecule is COc1ccc([C@H](CC(=O)O)c2ccc3c(c2)OCCO3)cc1OC. The van der Waals surface area contributed by atoms with Gasteiger partial charge in [-0.15, -0.1) is 0 Å². The highest BCUT2D eigenvalue weighted by atomic mass is 16.6. The Kier molecular flexibility index (Phi) is 4.97. The largest absolute Gasteiger partial charge is 0.493 e. The number of rotatable bonds is 6. The Labute approximate surface area is 145 Å². The minimum absolute atomic E-state index is 0.0465. The average Bonchev–Trinajstić information content (AvgIpc) is 2.65. The van der Waals surface area contributed by atoms with Crippen molar-refractivity contribution in [3.05, 3.63) is 47.5 Å². The summed E-state index contributed by atoms with van der Waals surface area (Å²) >= 11 is 0. The fraction of sp³-hybridized carbons (Fsp3) is 0.316. The number of aliphatic carboxylic acids is 1. The molecule has 1 aliphatic rings. The van der Waals surface area contributed by atoms with Crippen LogP contribution in [0.5, 0.6) is 23.0 Å². The molecule has 1 atom stereocenters. The van der Waals surface area contributed by atoms with Crippen LogP contribution in [0.15, 0.2) is 36.4 Å². The van der Waals surface area contributed by atoms with Gasteiger partial charge in [0.25, 0.3) is 0 Å². The van der Waals surface area contributed by atoms with Crippen LogP contribution in [0.4, 0.5) is 0 Å². The second-order valence-electron chi connectivity index (χ2n) is 5.67. The van der Waals surface area contributed by atoms with Gasteiger partial charge in [-0.25, -0.2) is 0 Å². The number of benzene rings is 2. The molecule has 0 fully saturated rings. The van der Waals surface area contributed by atoms with Gasteiger partial charge in [-0.2, -0.15) is 0 Å². The highest BCUT2D eigenvalue weighted by Gasteiger charge is 2.22. The summed E-state index contributed by atoms with van der Waals surface area (Å²) < 4.78 is 21.7. The van der Waals surface area contributed by atoms with Crippen LogP contribution in [-0.2, 0) is 4.79 Å². The molecule has 0 spiro atoms. The zero-order valence-corrected chi connectivity index (χ0v) is 14.2. The molecule has 1 N–H and O–H groups in total. The first kappa shape index (κ1) is 17.0. The van der Waals surface area contributed by atoms with E-state index in [9.17, 15) is 9.90 Å². The quantitative estimate of drug-likeness (QED) is 0.868. The molecule has 0 unspecified atom stereocenters. The summed E-state index contributed by atoms with van der Waals surface area (Å²) in [6, 6.07) is 11.0. The third kappa shape index (κ3) is 3.63. The van der Waals surface area contributed by atoms with E-state index in [1.807, 2.05) is 30.3 Å². The number of fused-ring (bicyclic) bond motifs is 1.